The summed E-state index contributed by atoms with van der Waals surface area (Å²) < 4.78 is 0. The lowest BCUT2D eigenvalue weighted by molar-refractivity contribution is 0.0893. The molecule has 1 aliphatic rings. The number of carbonyl (C=O) groups is 2. The van der Waals surface area contributed by atoms with Gasteiger partial charge in [0.05, 0.1) is 11.4 Å². The number of carbonyl (C=O) groups excluding carboxylic acids is 2. The van der Waals surface area contributed by atoms with E-state index in [9.17, 15) is 9.59 Å². The Kier molecular flexibility index (Phi) is 7.07. The number of aryl methyl sites for hydroxylation is 3. The number of anilines is 1. The maximum atomic E-state index is 13.9. The molecule has 0 saturated heterocycles. The molecule has 0 N–H and O–H groups in total. The van der Waals surface area contributed by atoms with Crippen LogP contribution in [-0.4, -0.2) is 16.8 Å². The zero-order valence-electron chi connectivity index (χ0n) is 23.2. The van der Waals surface area contributed by atoms with E-state index in [2.05, 4.69) is 30.1 Å². The Balaban J connectivity index is 1.39. The highest BCUT2D eigenvalue weighted by Gasteiger charge is 2.34. The smallest absolute Gasteiger partial charge is 0.266 e. The number of unbranched alkanes of at least 4 members (excludes halogenated alkanes) is 3. The lowest BCUT2D eigenvalue weighted by atomic mass is 9.90. The summed E-state index contributed by atoms with van der Waals surface area (Å²) >= 11 is 1.84. The number of nitrogens with zero attached hydrogens (tertiary/aromatic N) is 2. The first-order valence-corrected chi connectivity index (χ1v) is 14.8. The van der Waals surface area contributed by atoms with Gasteiger partial charge in [-0.1, -0.05) is 44.4 Å². The van der Waals surface area contributed by atoms with E-state index >= 15 is 0 Å². The molecule has 2 amide bonds. The van der Waals surface area contributed by atoms with Gasteiger partial charge < -0.3 is 0 Å². The van der Waals surface area contributed by atoms with Gasteiger partial charge in [-0.05, 0) is 103 Å². The topological polar surface area (TPSA) is 50.3 Å². The first kappa shape index (κ1) is 26.1. The average molecular weight is 545 g/mol. The highest BCUT2D eigenvalue weighted by atomic mass is 32.1. The minimum Gasteiger partial charge on any atom is -0.268 e. The van der Waals surface area contributed by atoms with E-state index in [0.717, 1.165) is 39.8 Å². The van der Waals surface area contributed by atoms with Gasteiger partial charge in [0.1, 0.15) is 0 Å². The molecule has 4 nitrogen and oxygen atoms in total. The summed E-state index contributed by atoms with van der Waals surface area (Å²) in [6, 6.07) is 24.0. The van der Waals surface area contributed by atoms with Crippen molar-refractivity contribution in [2.24, 2.45) is 0 Å². The number of aromatic nitrogens is 1. The molecule has 0 spiro atoms. The number of amides is 2. The summed E-state index contributed by atoms with van der Waals surface area (Å²) in [5.41, 5.74) is 6.48. The van der Waals surface area contributed by atoms with Gasteiger partial charge >= 0.3 is 0 Å². The van der Waals surface area contributed by atoms with Crippen LogP contribution in [0.4, 0.5) is 5.69 Å². The fourth-order valence-corrected chi connectivity index (χ4v) is 6.75. The van der Waals surface area contributed by atoms with E-state index in [1.807, 2.05) is 86.0 Å². The van der Waals surface area contributed by atoms with E-state index in [1.165, 1.54) is 40.3 Å². The molecule has 2 aromatic heterocycles. The van der Waals surface area contributed by atoms with Crippen LogP contribution in [0.3, 0.4) is 0 Å². The van der Waals surface area contributed by atoms with Crippen LogP contribution in [0.25, 0.3) is 32.5 Å². The van der Waals surface area contributed by atoms with Gasteiger partial charge in [-0.15, -0.1) is 11.3 Å². The molecule has 0 fully saturated rings. The molecular formula is C35H32N2O2S. The number of hydrogen-bond donors (Lipinski definition) is 0. The SMILES string of the molecule is CCCCCCc1ccc(-c2ccnc(-c3cc4c5c(cccc5c3)C(=O)N(c3cc(C)cc(C)c3)C4=O)c2)s1. The molecule has 5 heteroatoms. The molecule has 0 aliphatic carbocycles. The fraction of sp³-hybridized carbons (Fsp3) is 0.229. The van der Waals surface area contributed by atoms with Crippen LogP contribution in [0.2, 0.25) is 0 Å². The van der Waals surface area contributed by atoms with Crippen molar-refractivity contribution in [2.75, 3.05) is 4.90 Å². The van der Waals surface area contributed by atoms with Gasteiger partial charge in [-0.2, -0.15) is 0 Å². The Morgan fingerprint density at radius 1 is 0.775 bits per heavy atom. The van der Waals surface area contributed by atoms with Crippen LogP contribution < -0.4 is 4.90 Å². The molecular weight excluding hydrogens is 512 g/mol. The zero-order chi connectivity index (χ0) is 27.8. The summed E-state index contributed by atoms with van der Waals surface area (Å²) in [6.07, 6.45) is 8.01. The van der Waals surface area contributed by atoms with Crippen molar-refractivity contribution in [3.63, 3.8) is 0 Å². The van der Waals surface area contributed by atoms with Crippen LogP contribution in [0.15, 0.2) is 79.0 Å². The second kappa shape index (κ2) is 10.8. The summed E-state index contributed by atoms with van der Waals surface area (Å²) in [6.45, 7) is 6.19. The highest BCUT2D eigenvalue weighted by molar-refractivity contribution is 7.15. The lowest BCUT2D eigenvalue weighted by Crippen LogP contribution is -2.40. The molecule has 0 unspecified atom stereocenters. The largest absolute Gasteiger partial charge is 0.268 e. The Morgan fingerprint density at radius 2 is 1.57 bits per heavy atom. The molecule has 0 saturated carbocycles. The van der Waals surface area contributed by atoms with Gasteiger partial charge in [0.2, 0.25) is 0 Å². The number of imide groups is 1. The van der Waals surface area contributed by atoms with E-state index in [-0.39, 0.29) is 11.8 Å². The maximum Gasteiger partial charge on any atom is 0.266 e. The molecule has 1 aliphatic heterocycles. The van der Waals surface area contributed by atoms with Crippen molar-refractivity contribution >= 4 is 39.6 Å². The van der Waals surface area contributed by atoms with Crippen molar-refractivity contribution in [1.29, 1.82) is 0 Å². The van der Waals surface area contributed by atoms with Gasteiger partial charge in [-0.3, -0.25) is 14.6 Å². The number of hydrogen-bond acceptors (Lipinski definition) is 4. The summed E-state index contributed by atoms with van der Waals surface area (Å²) in [5, 5.41) is 1.58. The Labute approximate surface area is 239 Å². The van der Waals surface area contributed by atoms with Crippen molar-refractivity contribution in [3.05, 3.63) is 106 Å². The van der Waals surface area contributed by atoms with Gasteiger partial charge in [-0.25, -0.2) is 4.90 Å². The number of benzene rings is 3. The standard InChI is InChI=1S/C35H32N2O2S/c1-4-5-6-7-10-28-12-13-32(40-28)24-14-15-36-31(21-24)26-19-25-9-8-11-29-33(25)30(20-26)35(39)37(34(29)38)27-17-22(2)16-23(3)18-27/h8-9,11-21H,4-7,10H2,1-3H3. The van der Waals surface area contributed by atoms with Crippen LogP contribution >= 0.6 is 11.3 Å². The molecule has 5 aromatic rings. The molecule has 3 aromatic carbocycles. The van der Waals surface area contributed by atoms with Crippen LogP contribution in [0.1, 0.15) is 69.3 Å². The third kappa shape index (κ3) is 4.86. The highest BCUT2D eigenvalue weighted by Crippen LogP contribution is 2.37. The average Bonchev–Trinajstić information content (AvgIpc) is 3.42. The van der Waals surface area contributed by atoms with Gasteiger partial charge in [0.15, 0.2) is 0 Å². The van der Waals surface area contributed by atoms with Gasteiger partial charge in [0.25, 0.3) is 11.8 Å². The third-order valence-electron chi connectivity index (χ3n) is 7.59. The van der Waals surface area contributed by atoms with E-state index < -0.39 is 0 Å². The molecule has 40 heavy (non-hydrogen) atoms. The Bertz CT molecular complexity index is 1750. The monoisotopic (exact) mass is 544 g/mol. The zero-order valence-corrected chi connectivity index (χ0v) is 24.0. The van der Waals surface area contributed by atoms with Crippen molar-refractivity contribution in [3.8, 4) is 21.7 Å². The van der Waals surface area contributed by atoms with Crippen molar-refractivity contribution in [2.45, 2.75) is 52.9 Å². The van der Waals surface area contributed by atoms with E-state index in [0.29, 0.717) is 22.2 Å². The first-order chi connectivity index (χ1) is 19.4. The molecule has 6 rings (SSSR count). The second-order valence-electron chi connectivity index (χ2n) is 10.7. The van der Waals surface area contributed by atoms with Crippen LogP contribution in [0.5, 0.6) is 0 Å². The van der Waals surface area contributed by atoms with Crippen molar-refractivity contribution < 1.29 is 9.59 Å². The number of rotatable bonds is 8. The fourth-order valence-electron chi connectivity index (χ4n) is 5.71. The lowest BCUT2D eigenvalue weighted by Gasteiger charge is -2.28. The molecule has 200 valence electrons. The normalized spacial score (nSPS) is 12.9. The van der Waals surface area contributed by atoms with E-state index in [4.69, 9.17) is 0 Å². The molecule has 0 bridgehead atoms. The molecule has 0 atom stereocenters. The first-order valence-electron chi connectivity index (χ1n) is 14.0. The Morgan fingerprint density at radius 3 is 2.38 bits per heavy atom. The number of pyridine rings is 1. The Hall–Kier alpha value is -4.09. The number of thiophene rings is 1. The second-order valence-corrected chi connectivity index (χ2v) is 11.9. The predicted molar refractivity (Wildman–Crippen MR) is 165 cm³/mol. The van der Waals surface area contributed by atoms with Gasteiger partial charge in [0, 0.05) is 38.0 Å². The third-order valence-corrected chi connectivity index (χ3v) is 8.78. The molecule has 3 heterocycles. The summed E-state index contributed by atoms with van der Waals surface area (Å²) in [7, 11) is 0. The van der Waals surface area contributed by atoms with Crippen LogP contribution in [-0.2, 0) is 6.42 Å². The molecule has 0 radical (unpaired) electrons. The van der Waals surface area contributed by atoms with E-state index in [1.54, 1.807) is 0 Å². The minimum absolute atomic E-state index is 0.288. The summed E-state index contributed by atoms with van der Waals surface area (Å²) in [5.74, 6) is -0.591. The summed E-state index contributed by atoms with van der Waals surface area (Å²) in [4.78, 5) is 36.2. The minimum atomic E-state index is -0.303. The maximum absolute atomic E-state index is 13.9. The van der Waals surface area contributed by atoms with Crippen LogP contribution in [0, 0.1) is 13.8 Å². The van der Waals surface area contributed by atoms with Crippen molar-refractivity contribution in [1.82, 2.24) is 4.98 Å². The predicted octanol–water partition coefficient (Wildman–Crippen LogP) is 9.17. The quantitative estimate of drug-likeness (QED) is 0.145.